The third kappa shape index (κ3) is 2.87. The number of carbonyl (C=O) groups is 1. The van der Waals surface area contributed by atoms with Crippen molar-refractivity contribution < 1.29 is 9.53 Å². The van der Waals surface area contributed by atoms with Gasteiger partial charge in [-0.25, -0.2) is 0 Å². The fourth-order valence-corrected chi connectivity index (χ4v) is 4.63. The molecule has 3 aromatic rings. The van der Waals surface area contributed by atoms with Crippen LogP contribution < -0.4 is 4.74 Å². The van der Waals surface area contributed by atoms with Crippen molar-refractivity contribution >= 4 is 5.91 Å². The number of fused-ring (bicyclic) bond motifs is 3. The predicted molar refractivity (Wildman–Crippen MR) is 107 cm³/mol. The van der Waals surface area contributed by atoms with Gasteiger partial charge in [-0.2, -0.15) is 5.10 Å². The molecule has 1 amide bonds. The van der Waals surface area contributed by atoms with Crippen LogP contribution in [0.4, 0.5) is 0 Å². The summed E-state index contributed by atoms with van der Waals surface area (Å²) in [4.78, 5) is 14.7. The molecule has 0 spiro atoms. The molecule has 1 aromatic heterocycles. The second kappa shape index (κ2) is 6.82. The molecule has 0 saturated carbocycles. The largest absolute Gasteiger partial charge is 0.484 e. The quantitative estimate of drug-likeness (QED) is 0.705. The molecule has 5 heteroatoms. The van der Waals surface area contributed by atoms with Crippen LogP contribution in [-0.2, 0) is 18.3 Å². The summed E-state index contributed by atoms with van der Waals surface area (Å²) in [7, 11) is 2.03. The van der Waals surface area contributed by atoms with Gasteiger partial charge in [0.2, 0.25) is 0 Å². The van der Waals surface area contributed by atoms with Crippen LogP contribution in [0, 0.1) is 5.92 Å². The molecule has 142 valence electrons. The van der Waals surface area contributed by atoms with Crippen LogP contribution in [0.5, 0.6) is 5.75 Å². The van der Waals surface area contributed by atoms with Gasteiger partial charge in [-0.15, -0.1) is 0 Å². The van der Waals surface area contributed by atoms with Gasteiger partial charge in [0.25, 0.3) is 5.91 Å². The van der Waals surface area contributed by atoms with Gasteiger partial charge in [0.15, 0.2) is 6.61 Å². The molecule has 0 N–H and O–H groups in total. The van der Waals surface area contributed by atoms with Gasteiger partial charge in [0.05, 0.1) is 5.69 Å². The van der Waals surface area contributed by atoms with E-state index in [1.54, 1.807) is 0 Å². The number of nitrogens with zero attached hydrogens (tertiary/aromatic N) is 3. The van der Waals surface area contributed by atoms with Crippen molar-refractivity contribution in [3.8, 4) is 17.0 Å². The first kappa shape index (κ1) is 17.0. The third-order valence-electron chi connectivity index (χ3n) is 5.98. The van der Waals surface area contributed by atoms with Crippen LogP contribution in [-0.4, -0.2) is 40.3 Å². The van der Waals surface area contributed by atoms with Crippen molar-refractivity contribution in [1.82, 2.24) is 14.7 Å². The molecule has 2 aromatic carbocycles. The average Bonchev–Trinajstić information content (AvgIpc) is 3.38. The molecule has 28 heavy (non-hydrogen) atoms. The van der Waals surface area contributed by atoms with E-state index in [0.717, 1.165) is 36.5 Å². The lowest BCUT2D eigenvalue weighted by atomic mass is 9.94. The maximum Gasteiger partial charge on any atom is 0.260 e. The molecule has 1 fully saturated rings. The number of hydrogen-bond donors (Lipinski definition) is 0. The van der Waals surface area contributed by atoms with Gasteiger partial charge in [0.1, 0.15) is 5.75 Å². The van der Waals surface area contributed by atoms with Crippen LogP contribution in [0.1, 0.15) is 17.2 Å². The Bertz CT molecular complexity index is 997. The van der Waals surface area contributed by atoms with E-state index in [-0.39, 0.29) is 12.5 Å². The molecule has 5 nitrogen and oxygen atoms in total. The molecular formula is C23H23N3O2. The monoisotopic (exact) mass is 373 g/mol. The maximum atomic E-state index is 12.7. The third-order valence-corrected chi connectivity index (χ3v) is 5.98. The molecule has 2 atom stereocenters. The Morgan fingerprint density at radius 1 is 1.07 bits per heavy atom. The second-order valence-electron chi connectivity index (χ2n) is 7.67. The van der Waals surface area contributed by atoms with E-state index < -0.39 is 0 Å². The predicted octanol–water partition coefficient (Wildman–Crippen LogP) is 3.26. The van der Waals surface area contributed by atoms with Crippen molar-refractivity contribution in [2.75, 3.05) is 19.7 Å². The minimum absolute atomic E-state index is 0.0601. The average molecular weight is 373 g/mol. The van der Waals surface area contributed by atoms with Crippen LogP contribution in [0.3, 0.4) is 0 Å². The van der Waals surface area contributed by atoms with Crippen molar-refractivity contribution in [3.05, 3.63) is 71.9 Å². The van der Waals surface area contributed by atoms with E-state index in [0.29, 0.717) is 11.8 Å². The Hall–Kier alpha value is -3.08. The fourth-order valence-electron chi connectivity index (χ4n) is 4.63. The molecule has 1 aliphatic heterocycles. The van der Waals surface area contributed by atoms with Gasteiger partial charge in [-0.1, -0.05) is 48.5 Å². The first-order chi connectivity index (χ1) is 13.7. The van der Waals surface area contributed by atoms with Crippen molar-refractivity contribution in [3.63, 3.8) is 0 Å². The zero-order valence-electron chi connectivity index (χ0n) is 15.9. The number of aromatic nitrogens is 2. The van der Waals surface area contributed by atoms with Crippen LogP contribution in [0.15, 0.2) is 60.7 Å². The summed E-state index contributed by atoms with van der Waals surface area (Å²) >= 11 is 0. The minimum atomic E-state index is 0.0601. The van der Waals surface area contributed by atoms with Crippen LogP contribution in [0.25, 0.3) is 11.3 Å². The molecule has 1 saturated heterocycles. The van der Waals surface area contributed by atoms with Crippen LogP contribution >= 0.6 is 0 Å². The molecule has 1 aliphatic carbocycles. The topological polar surface area (TPSA) is 47.4 Å². The van der Waals surface area contributed by atoms with Gasteiger partial charge >= 0.3 is 0 Å². The Morgan fingerprint density at radius 3 is 2.54 bits per heavy atom. The van der Waals surface area contributed by atoms with Gasteiger partial charge < -0.3 is 9.64 Å². The zero-order chi connectivity index (χ0) is 19.1. The number of rotatable bonds is 4. The van der Waals surface area contributed by atoms with Crippen molar-refractivity contribution in [2.45, 2.75) is 12.3 Å². The number of para-hydroxylation sites is 1. The highest BCUT2D eigenvalue weighted by Gasteiger charge is 2.45. The Kier molecular flexibility index (Phi) is 4.15. The van der Waals surface area contributed by atoms with E-state index >= 15 is 0 Å². The molecule has 5 rings (SSSR count). The summed E-state index contributed by atoms with van der Waals surface area (Å²) in [5.41, 5.74) is 4.87. The Balaban J connectivity index is 1.33. The first-order valence-electron chi connectivity index (χ1n) is 9.77. The van der Waals surface area contributed by atoms with E-state index in [2.05, 4.69) is 12.1 Å². The minimum Gasteiger partial charge on any atom is -0.484 e. The summed E-state index contributed by atoms with van der Waals surface area (Å²) in [6, 6.07) is 19.9. The zero-order valence-corrected chi connectivity index (χ0v) is 15.9. The summed E-state index contributed by atoms with van der Waals surface area (Å²) in [6.07, 6.45) is 0.986. The van der Waals surface area contributed by atoms with E-state index in [1.165, 1.54) is 11.3 Å². The van der Waals surface area contributed by atoms with E-state index in [1.807, 2.05) is 65.2 Å². The molecule has 2 heterocycles. The van der Waals surface area contributed by atoms with Crippen molar-refractivity contribution in [1.29, 1.82) is 0 Å². The lowest BCUT2D eigenvalue weighted by molar-refractivity contribution is -0.132. The molecule has 0 radical (unpaired) electrons. The lowest BCUT2D eigenvalue weighted by Gasteiger charge is -2.18. The van der Waals surface area contributed by atoms with Gasteiger partial charge in [-0.05, 0) is 24.5 Å². The molecule has 0 bridgehead atoms. The number of aryl methyl sites for hydroxylation is 1. The summed E-state index contributed by atoms with van der Waals surface area (Å²) in [5.74, 6) is 1.63. The fraction of sp³-hybridized carbons (Fsp3) is 0.304. The van der Waals surface area contributed by atoms with Crippen molar-refractivity contribution in [2.24, 2.45) is 13.0 Å². The standard InChI is InChI=1S/C23H23N3O2/c1-25-20-12-17-13-26(21(27)15-28-18-10-6-3-7-11-18)14-19(17)22(20)23(24-25)16-8-4-2-5-9-16/h2-11,17,19H,12-15H2,1H3/t17-,19+/m1/s1. The summed E-state index contributed by atoms with van der Waals surface area (Å²) in [6.45, 7) is 1.64. The summed E-state index contributed by atoms with van der Waals surface area (Å²) in [5, 5.41) is 4.80. The molecular weight excluding hydrogens is 350 g/mol. The van der Waals surface area contributed by atoms with Gasteiger partial charge in [-0.3, -0.25) is 9.48 Å². The number of likely N-dealkylation sites (tertiary alicyclic amines) is 1. The van der Waals surface area contributed by atoms with Crippen LogP contribution in [0.2, 0.25) is 0 Å². The number of hydrogen-bond acceptors (Lipinski definition) is 3. The first-order valence-corrected chi connectivity index (χ1v) is 9.77. The normalized spacial score (nSPS) is 20.1. The van der Waals surface area contributed by atoms with Gasteiger partial charge in [0, 0.05) is 42.9 Å². The highest BCUT2D eigenvalue weighted by molar-refractivity contribution is 5.78. The number of benzene rings is 2. The number of ether oxygens (including phenoxy) is 1. The van der Waals surface area contributed by atoms with E-state index in [4.69, 9.17) is 9.84 Å². The maximum absolute atomic E-state index is 12.7. The summed E-state index contributed by atoms with van der Waals surface area (Å²) < 4.78 is 7.69. The molecule has 0 unspecified atom stereocenters. The Morgan fingerprint density at radius 2 is 1.79 bits per heavy atom. The number of amides is 1. The number of carbonyl (C=O) groups excluding carboxylic acids is 1. The highest BCUT2D eigenvalue weighted by Crippen LogP contribution is 2.46. The molecule has 2 aliphatic rings. The SMILES string of the molecule is Cn1nc(-c2ccccc2)c2c1C[C@@H]1CN(C(=O)COc3ccccc3)C[C@H]21. The second-order valence-corrected chi connectivity index (χ2v) is 7.67. The smallest absolute Gasteiger partial charge is 0.260 e. The van der Waals surface area contributed by atoms with E-state index in [9.17, 15) is 4.79 Å². The Labute approximate surface area is 164 Å². The lowest BCUT2D eigenvalue weighted by Crippen LogP contribution is -2.33. The highest BCUT2D eigenvalue weighted by atomic mass is 16.5.